The summed E-state index contributed by atoms with van der Waals surface area (Å²) in [7, 11) is 0. The maximum absolute atomic E-state index is 12.0. The van der Waals surface area contributed by atoms with Gasteiger partial charge in [-0.2, -0.15) is 0 Å². The van der Waals surface area contributed by atoms with Crippen molar-refractivity contribution >= 4 is 27.6 Å². The largest absolute Gasteiger partial charge is 0.459 e. The van der Waals surface area contributed by atoms with Crippen molar-refractivity contribution < 1.29 is 14.3 Å². The summed E-state index contributed by atoms with van der Waals surface area (Å²) in [6.45, 7) is 4.37. The Bertz CT molecular complexity index is 488. The summed E-state index contributed by atoms with van der Waals surface area (Å²) in [4.78, 5) is 12.0. The second-order valence-corrected chi connectivity index (χ2v) is 6.14. The molecular formula is C14H18BrNO3. The van der Waals surface area contributed by atoms with E-state index < -0.39 is 0 Å². The van der Waals surface area contributed by atoms with Gasteiger partial charge in [0.15, 0.2) is 0 Å². The zero-order valence-electron chi connectivity index (χ0n) is 11.1. The summed E-state index contributed by atoms with van der Waals surface area (Å²) in [5, 5.41) is 0. The molecule has 1 fully saturated rings. The lowest BCUT2D eigenvalue weighted by Crippen LogP contribution is -2.24. The SMILES string of the molecule is CC1(C)CCC(COC(=O)c2cccc(N)c2Br)O1. The van der Waals surface area contributed by atoms with Gasteiger partial charge in [-0.1, -0.05) is 6.07 Å². The number of ether oxygens (including phenoxy) is 2. The fourth-order valence-electron chi connectivity index (χ4n) is 2.15. The van der Waals surface area contributed by atoms with Crippen LogP contribution >= 0.6 is 15.9 Å². The van der Waals surface area contributed by atoms with Gasteiger partial charge in [0, 0.05) is 5.69 Å². The number of halogens is 1. The quantitative estimate of drug-likeness (QED) is 0.684. The number of esters is 1. The van der Waals surface area contributed by atoms with Crippen LogP contribution in [0.25, 0.3) is 0 Å². The molecule has 4 nitrogen and oxygen atoms in total. The minimum absolute atomic E-state index is 0.0150. The molecule has 0 aromatic heterocycles. The minimum atomic E-state index is -0.382. The first kappa shape index (κ1) is 14.3. The van der Waals surface area contributed by atoms with Crippen molar-refractivity contribution in [3.63, 3.8) is 0 Å². The number of hydrogen-bond acceptors (Lipinski definition) is 4. The number of anilines is 1. The first-order valence-corrected chi connectivity index (χ1v) is 7.07. The molecule has 0 saturated carbocycles. The van der Waals surface area contributed by atoms with Crippen molar-refractivity contribution in [2.24, 2.45) is 0 Å². The Balaban J connectivity index is 1.93. The number of rotatable bonds is 3. The molecule has 104 valence electrons. The fourth-order valence-corrected chi connectivity index (χ4v) is 2.58. The zero-order chi connectivity index (χ0) is 14.0. The van der Waals surface area contributed by atoms with Gasteiger partial charge in [-0.05, 0) is 54.8 Å². The number of benzene rings is 1. The van der Waals surface area contributed by atoms with Crippen LogP contribution in [0, 0.1) is 0 Å². The molecule has 0 radical (unpaired) electrons. The predicted molar refractivity (Wildman–Crippen MR) is 77.0 cm³/mol. The molecule has 0 aliphatic carbocycles. The van der Waals surface area contributed by atoms with E-state index in [4.69, 9.17) is 15.2 Å². The van der Waals surface area contributed by atoms with Crippen LogP contribution in [0.15, 0.2) is 22.7 Å². The summed E-state index contributed by atoms with van der Waals surface area (Å²) in [6.07, 6.45) is 1.88. The molecule has 0 spiro atoms. The number of nitrogen functional groups attached to an aromatic ring is 1. The molecule has 1 unspecified atom stereocenters. The van der Waals surface area contributed by atoms with Crippen molar-refractivity contribution in [2.75, 3.05) is 12.3 Å². The molecule has 1 saturated heterocycles. The van der Waals surface area contributed by atoms with E-state index >= 15 is 0 Å². The first-order chi connectivity index (χ1) is 8.89. The van der Waals surface area contributed by atoms with Crippen LogP contribution in [0.4, 0.5) is 5.69 Å². The van der Waals surface area contributed by atoms with Gasteiger partial charge >= 0.3 is 5.97 Å². The number of carbonyl (C=O) groups excluding carboxylic acids is 1. The summed E-state index contributed by atoms with van der Waals surface area (Å²) in [5.74, 6) is -0.382. The van der Waals surface area contributed by atoms with E-state index in [1.54, 1.807) is 18.2 Å². The minimum Gasteiger partial charge on any atom is -0.459 e. The summed E-state index contributed by atoms with van der Waals surface area (Å²) < 4.78 is 11.6. The standard InChI is InChI=1S/C14H18BrNO3/c1-14(2)7-6-9(19-14)8-18-13(17)10-4-3-5-11(16)12(10)15/h3-5,9H,6-8,16H2,1-2H3. The maximum atomic E-state index is 12.0. The van der Waals surface area contributed by atoms with Gasteiger partial charge in [-0.15, -0.1) is 0 Å². The highest BCUT2D eigenvalue weighted by molar-refractivity contribution is 9.10. The van der Waals surface area contributed by atoms with Gasteiger partial charge in [-0.25, -0.2) is 4.79 Å². The summed E-state index contributed by atoms with van der Waals surface area (Å²) in [6, 6.07) is 5.14. The third kappa shape index (κ3) is 3.48. The molecule has 1 atom stereocenters. The highest BCUT2D eigenvalue weighted by Crippen LogP contribution is 2.30. The average molecular weight is 328 g/mol. The van der Waals surface area contributed by atoms with Gasteiger partial charge in [0.2, 0.25) is 0 Å². The average Bonchev–Trinajstić information content (AvgIpc) is 2.69. The van der Waals surface area contributed by atoms with Crippen molar-refractivity contribution in [1.29, 1.82) is 0 Å². The van der Waals surface area contributed by atoms with Gasteiger partial charge < -0.3 is 15.2 Å². The Hall–Kier alpha value is -1.07. The van der Waals surface area contributed by atoms with E-state index in [1.165, 1.54) is 0 Å². The van der Waals surface area contributed by atoms with Crippen LogP contribution in [0.1, 0.15) is 37.0 Å². The third-order valence-corrected chi connectivity index (χ3v) is 4.09. The number of nitrogens with two attached hydrogens (primary N) is 1. The van der Waals surface area contributed by atoms with Gasteiger partial charge in [-0.3, -0.25) is 0 Å². The van der Waals surface area contributed by atoms with E-state index in [1.807, 2.05) is 13.8 Å². The van der Waals surface area contributed by atoms with Crippen LogP contribution in [-0.4, -0.2) is 24.3 Å². The number of carbonyl (C=O) groups is 1. The van der Waals surface area contributed by atoms with Gasteiger partial charge in [0.1, 0.15) is 6.61 Å². The predicted octanol–water partition coefficient (Wildman–Crippen LogP) is 3.15. The normalized spacial score (nSPS) is 21.3. The van der Waals surface area contributed by atoms with Crippen LogP contribution in [-0.2, 0) is 9.47 Å². The Morgan fingerprint density at radius 3 is 2.95 bits per heavy atom. The molecular weight excluding hydrogens is 310 g/mol. The van der Waals surface area contributed by atoms with Crippen LogP contribution < -0.4 is 5.73 Å². The molecule has 1 aromatic carbocycles. The van der Waals surface area contributed by atoms with Crippen molar-refractivity contribution in [3.05, 3.63) is 28.2 Å². The Kier molecular flexibility index (Phi) is 4.16. The molecule has 1 aliphatic heterocycles. The molecule has 1 heterocycles. The van der Waals surface area contributed by atoms with Crippen LogP contribution in [0.2, 0.25) is 0 Å². The lowest BCUT2D eigenvalue weighted by Gasteiger charge is -2.19. The Labute approximate surface area is 121 Å². The van der Waals surface area contributed by atoms with Crippen molar-refractivity contribution in [2.45, 2.75) is 38.4 Å². The first-order valence-electron chi connectivity index (χ1n) is 6.28. The maximum Gasteiger partial charge on any atom is 0.339 e. The second kappa shape index (κ2) is 5.51. The molecule has 19 heavy (non-hydrogen) atoms. The van der Waals surface area contributed by atoms with E-state index in [2.05, 4.69) is 15.9 Å². The molecule has 1 aliphatic rings. The summed E-state index contributed by atoms with van der Waals surface area (Å²) in [5.41, 5.74) is 6.58. The topological polar surface area (TPSA) is 61.5 Å². The lowest BCUT2D eigenvalue weighted by molar-refractivity contribution is -0.0445. The van der Waals surface area contributed by atoms with E-state index in [0.29, 0.717) is 15.7 Å². The smallest absolute Gasteiger partial charge is 0.339 e. The molecule has 0 bridgehead atoms. The lowest BCUT2D eigenvalue weighted by atomic mass is 10.1. The molecule has 2 rings (SSSR count). The zero-order valence-corrected chi connectivity index (χ0v) is 12.7. The Morgan fingerprint density at radius 2 is 2.32 bits per heavy atom. The summed E-state index contributed by atoms with van der Waals surface area (Å²) >= 11 is 3.30. The molecule has 2 N–H and O–H groups in total. The van der Waals surface area contributed by atoms with E-state index in [-0.39, 0.29) is 24.3 Å². The molecule has 1 aromatic rings. The van der Waals surface area contributed by atoms with Crippen LogP contribution in [0.3, 0.4) is 0 Å². The van der Waals surface area contributed by atoms with Gasteiger partial charge in [0.25, 0.3) is 0 Å². The highest BCUT2D eigenvalue weighted by Gasteiger charge is 2.32. The van der Waals surface area contributed by atoms with Crippen molar-refractivity contribution in [3.8, 4) is 0 Å². The fraction of sp³-hybridized carbons (Fsp3) is 0.500. The van der Waals surface area contributed by atoms with E-state index in [9.17, 15) is 4.79 Å². The van der Waals surface area contributed by atoms with Crippen LogP contribution in [0.5, 0.6) is 0 Å². The third-order valence-electron chi connectivity index (χ3n) is 3.20. The van der Waals surface area contributed by atoms with Gasteiger partial charge in [0.05, 0.1) is 21.7 Å². The molecule has 5 heteroatoms. The van der Waals surface area contributed by atoms with Crippen molar-refractivity contribution in [1.82, 2.24) is 0 Å². The Morgan fingerprint density at radius 1 is 1.58 bits per heavy atom. The highest BCUT2D eigenvalue weighted by atomic mass is 79.9. The second-order valence-electron chi connectivity index (χ2n) is 5.35. The molecule has 0 amide bonds. The number of hydrogen-bond donors (Lipinski definition) is 1. The van der Waals surface area contributed by atoms with E-state index in [0.717, 1.165) is 12.8 Å². The monoisotopic (exact) mass is 327 g/mol.